The summed E-state index contributed by atoms with van der Waals surface area (Å²) in [5.74, 6) is 0.264. The van der Waals surface area contributed by atoms with Gasteiger partial charge in [0, 0.05) is 37.7 Å². The molecule has 0 N–H and O–H groups in total. The number of aliphatic imine (C=N–C) groups is 2. The van der Waals surface area contributed by atoms with Crippen LogP contribution in [0.25, 0.3) is 0 Å². The van der Waals surface area contributed by atoms with Gasteiger partial charge in [-0.15, -0.1) is 0 Å². The molecule has 1 aromatic carbocycles. The molecule has 0 atom stereocenters. The highest BCUT2D eigenvalue weighted by atomic mass is 35.5. The second-order valence-corrected chi connectivity index (χ2v) is 6.76. The summed E-state index contributed by atoms with van der Waals surface area (Å²) in [6.45, 7) is 10.5. The largest absolute Gasteiger partial charge is 0.352 e. The summed E-state index contributed by atoms with van der Waals surface area (Å²) >= 11 is 6.05. The maximum Gasteiger partial charge on any atom is 0.153 e. The highest BCUT2D eigenvalue weighted by Gasteiger charge is 2.30. The van der Waals surface area contributed by atoms with E-state index in [9.17, 15) is 4.39 Å². The van der Waals surface area contributed by atoms with Gasteiger partial charge in [0.1, 0.15) is 5.69 Å². The van der Waals surface area contributed by atoms with E-state index in [1.165, 1.54) is 6.07 Å². The summed E-state index contributed by atoms with van der Waals surface area (Å²) in [6, 6.07) is 2.99. The zero-order valence-corrected chi connectivity index (χ0v) is 15.4. The van der Waals surface area contributed by atoms with Crippen LogP contribution in [0, 0.1) is 5.82 Å². The van der Waals surface area contributed by atoms with Crippen LogP contribution in [0.3, 0.4) is 0 Å². The minimum atomic E-state index is -0.435. The molecule has 0 spiro atoms. The zero-order chi connectivity index (χ0) is 18.0. The van der Waals surface area contributed by atoms with E-state index in [1.54, 1.807) is 17.3 Å². The monoisotopic (exact) mass is 363 g/mol. The van der Waals surface area contributed by atoms with Crippen LogP contribution in [0.1, 0.15) is 13.3 Å². The molecule has 0 radical (unpaired) electrons. The summed E-state index contributed by atoms with van der Waals surface area (Å²) in [6.07, 6.45) is 2.64. The molecule has 25 heavy (non-hydrogen) atoms. The van der Waals surface area contributed by atoms with Crippen LogP contribution in [-0.4, -0.2) is 61.7 Å². The zero-order valence-electron chi connectivity index (χ0n) is 14.7. The summed E-state index contributed by atoms with van der Waals surface area (Å²) in [5.41, 5.74) is 1.56. The van der Waals surface area contributed by atoms with Crippen molar-refractivity contribution in [2.75, 3.05) is 44.7 Å². The van der Waals surface area contributed by atoms with Crippen molar-refractivity contribution in [3.05, 3.63) is 35.2 Å². The van der Waals surface area contributed by atoms with Gasteiger partial charge in [0.25, 0.3) is 0 Å². The molecule has 2 heterocycles. The van der Waals surface area contributed by atoms with Crippen LogP contribution in [0.4, 0.5) is 15.8 Å². The van der Waals surface area contributed by atoms with Crippen LogP contribution in [-0.2, 0) is 0 Å². The van der Waals surface area contributed by atoms with Crippen molar-refractivity contribution >= 4 is 35.1 Å². The lowest BCUT2D eigenvalue weighted by Crippen LogP contribution is -2.49. The van der Waals surface area contributed by atoms with Crippen LogP contribution >= 0.6 is 11.6 Å². The Morgan fingerprint density at radius 3 is 2.72 bits per heavy atom. The van der Waals surface area contributed by atoms with Crippen LogP contribution in [0.2, 0.25) is 5.02 Å². The molecule has 0 amide bonds. The smallest absolute Gasteiger partial charge is 0.153 e. The minimum absolute atomic E-state index is 0.286. The number of fused-ring (bicyclic) bond motifs is 1. The molecule has 0 bridgehead atoms. The number of benzene rings is 1. The van der Waals surface area contributed by atoms with Gasteiger partial charge in [0.05, 0.1) is 17.7 Å². The Morgan fingerprint density at radius 2 is 2.04 bits per heavy atom. The first-order valence-corrected chi connectivity index (χ1v) is 8.88. The number of hydrogen-bond donors (Lipinski definition) is 0. The van der Waals surface area contributed by atoms with E-state index in [-0.39, 0.29) is 5.69 Å². The highest BCUT2D eigenvalue weighted by Crippen LogP contribution is 2.40. The third-order valence-corrected chi connectivity index (χ3v) is 4.61. The van der Waals surface area contributed by atoms with Gasteiger partial charge in [-0.2, -0.15) is 0 Å². The van der Waals surface area contributed by atoms with E-state index in [0.717, 1.165) is 32.6 Å². The fourth-order valence-electron chi connectivity index (χ4n) is 2.94. The van der Waals surface area contributed by atoms with Crippen LogP contribution < -0.4 is 4.90 Å². The summed E-state index contributed by atoms with van der Waals surface area (Å²) < 4.78 is 14.5. The molecule has 0 unspecified atom stereocenters. The number of rotatable bonds is 3. The lowest BCUT2D eigenvalue weighted by atomic mass is 10.1. The first kappa shape index (κ1) is 17.9. The molecular formula is C18H23ClFN5. The Hall–Kier alpha value is -1.92. The predicted octanol–water partition coefficient (Wildman–Crippen LogP) is 3.53. The molecule has 2 aliphatic heterocycles. The quantitative estimate of drug-likeness (QED) is 0.608. The van der Waals surface area contributed by atoms with Crippen molar-refractivity contribution in [3.8, 4) is 0 Å². The molecule has 1 saturated heterocycles. The summed E-state index contributed by atoms with van der Waals surface area (Å²) in [5, 5.41) is 0.330. The van der Waals surface area contributed by atoms with E-state index < -0.39 is 5.82 Å². The van der Waals surface area contributed by atoms with Crippen molar-refractivity contribution in [2.45, 2.75) is 13.3 Å². The minimum Gasteiger partial charge on any atom is -0.352 e. The third-order valence-electron chi connectivity index (χ3n) is 4.39. The van der Waals surface area contributed by atoms with Gasteiger partial charge >= 0.3 is 0 Å². The van der Waals surface area contributed by atoms with Gasteiger partial charge in [-0.1, -0.05) is 25.1 Å². The molecule has 1 aromatic rings. The lowest BCUT2D eigenvalue weighted by molar-refractivity contribution is 0.215. The Kier molecular flexibility index (Phi) is 5.39. The van der Waals surface area contributed by atoms with Gasteiger partial charge in [-0.05, 0) is 25.6 Å². The number of hydrogen-bond acceptors (Lipinski definition) is 4. The van der Waals surface area contributed by atoms with Gasteiger partial charge in [0.15, 0.2) is 11.7 Å². The Labute approximate surface area is 153 Å². The Morgan fingerprint density at radius 1 is 1.32 bits per heavy atom. The topological polar surface area (TPSA) is 34.4 Å². The molecule has 0 aromatic heterocycles. The molecule has 3 rings (SSSR count). The highest BCUT2D eigenvalue weighted by molar-refractivity contribution is 6.31. The van der Waals surface area contributed by atoms with E-state index in [0.29, 0.717) is 28.8 Å². The standard InChI is InChI=1S/C18H23ClFN5/c1-4-5-21-12-25-13(2)18(24-8-6-23(3)7-9-24)22-17-15(20)10-14(19)11-16(17)25/h10-12H,2,4-9H2,1,3H3. The number of likely N-dealkylation sites (N-methyl/N-ethyl adjacent to an activating group) is 1. The molecule has 1 fully saturated rings. The number of piperazine rings is 1. The van der Waals surface area contributed by atoms with Gasteiger partial charge in [0.2, 0.25) is 0 Å². The van der Waals surface area contributed by atoms with E-state index in [4.69, 9.17) is 11.6 Å². The number of anilines is 1. The molecule has 5 nitrogen and oxygen atoms in total. The number of amidine groups is 1. The SMILES string of the molecule is C=C1C(N2CCN(C)CC2)=Nc2c(F)cc(Cl)cc2N1C=NCCC. The molecule has 134 valence electrons. The number of halogens is 2. The van der Waals surface area contributed by atoms with Gasteiger partial charge in [-0.3, -0.25) is 9.89 Å². The summed E-state index contributed by atoms with van der Waals surface area (Å²) in [7, 11) is 2.09. The fourth-order valence-corrected chi connectivity index (χ4v) is 3.14. The first-order valence-electron chi connectivity index (χ1n) is 8.51. The van der Waals surface area contributed by atoms with Crippen molar-refractivity contribution in [2.24, 2.45) is 9.98 Å². The van der Waals surface area contributed by atoms with E-state index >= 15 is 0 Å². The first-order chi connectivity index (χ1) is 12.0. The van der Waals surface area contributed by atoms with Crippen molar-refractivity contribution < 1.29 is 4.39 Å². The lowest BCUT2D eigenvalue weighted by Gasteiger charge is -2.39. The second kappa shape index (κ2) is 7.54. The van der Waals surface area contributed by atoms with Crippen molar-refractivity contribution in [3.63, 3.8) is 0 Å². The Bertz CT molecular complexity index is 722. The fraction of sp³-hybridized carbons (Fsp3) is 0.444. The number of nitrogens with zero attached hydrogens (tertiary/aromatic N) is 5. The van der Waals surface area contributed by atoms with E-state index in [2.05, 4.69) is 40.3 Å². The van der Waals surface area contributed by atoms with E-state index in [1.807, 2.05) is 0 Å². The molecular weight excluding hydrogens is 341 g/mol. The maximum atomic E-state index is 14.5. The molecule has 2 aliphatic rings. The van der Waals surface area contributed by atoms with Crippen molar-refractivity contribution in [1.82, 2.24) is 9.80 Å². The second-order valence-electron chi connectivity index (χ2n) is 6.32. The Balaban J connectivity index is 2.02. The maximum absolute atomic E-state index is 14.5. The normalized spacial score (nSPS) is 18.7. The van der Waals surface area contributed by atoms with Crippen LogP contribution in [0.15, 0.2) is 34.4 Å². The average molecular weight is 364 g/mol. The summed E-state index contributed by atoms with van der Waals surface area (Å²) in [4.78, 5) is 15.2. The van der Waals surface area contributed by atoms with Crippen molar-refractivity contribution in [1.29, 1.82) is 0 Å². The molecule has 7 heteroatoms. The molecule has 0 saturated carbocycles. The average Bonchev–Trinajstić information content (AvgIpc) is 2.58. The third kappa shape index (κ3) is 3.70. The molecule has 0 aliphatic carbocycles. The van der Waals surface area contributed by atoms with Crippen LogP contribution in [0.5, 0.6) is 0 Å². The van der Waals surface area contributed by atoms with Gasteiger partial charge < -0.3 is 9.80 Å². The van der Waals surface area contributed by atoms with Gasteiger partial charge in [-0.25, -0.2) is 9.38 Å². The predicted molar refractivity (Wildman–Crippen MR) is 103 cm³/mol.